The summed E-state index contributed by atoms with van der Waals surface area (Å²) in [5.41, 5.74) is 5.81. The molecule has 0 aromatic heterocycles. The van der Waals surface area contributed by atoms with Crippen LogP contribution >= 0.6 is 28.3 Å². The summed E-state index contributed by atoms with van der Waals surface area (Å²) in [4.78, 5) is 0. The summed E-state index contributed by atoms with van der Waals surface area (Å²) >= 11 is 3.30. The maximum Gasteiger partial charge on any atom is 0.199 e. The van der Waals surface area contributed by atoms with Crippen LogP contribution in [-0.2, 0) is 0 Å². The van der Waals surface area contributed by atoms with Gasteiger partial charge in [-0.15, -0.1) is 12.4 Å². The van der Waals surface area contributed by atoms with E-state index in [0.717, 1.165) is 10.2 Å². The third kappa shape index (κ3) is 5.24. The number of nitrogens with one attached hydrogen (secondary N) is 4. The van der Waals surface area contributed by atoms with E-state index in [4.69, 9.17) is 16.6 Å². The summed E-state index contributed by atoms with van der Waals surface area (Å²) in [5, 5.41) is 19.3. The molecule has 0 heterocycles. The highest BCUT2D eigenvalue weighted by atomic mass is 79.9. The van der Waals surface area contributed by atoms with Crippen LogP contribution in [0, 0.1) is 10.8 Å². The highest BCUT2D eigenvalue weighted by Crippen LogP contribution is 2.13. The van der Waals surface area contributed by atoms with Crippen molar-refractivity contribution in [2.75, 3.05) is 5.32 Å². The highest BCUT2D eigenvalue weighted by molar-refractivity contribution is 9.10. The molecule has 0 atom stereocenters. The van der Waals surface area contributed by atoms with E-state index in [9.17, 15) is 0 Å². The first-order valence-corrected chi connectivity index (χ1v) is 4.59. The van der Waals surface area contributed by atoms with E-state index < -0.39 is 0 Å². The molecule has 0 saturated heterocycles. The van der Waals surface area contributed by atoms with Crippen molar-refractivity contribution >= 4 is 45.9 Å². The second-order valence-corrected chi connectivity index (χ2v) is 3.46. The predicted molar refractivity (Wildman–Crippen MR) is 67.8 cm³/mol. The Bertz CT molecular complexity index is 351. The Morgan fingerprint density at radius 2 is 1.73 bits per heavy atom. The van der Waals surface area contributed by atoms with Crippen LogP contribution in [0.25, 0.3) is 0 Å². The largest absolute Gasteiger partial charge is 0.370 e. The Morgan fingerprint density at radius 1 is 1.20 bits per heavy atom. The fourth-order valence-corrected chi connectivity index (χ4v) is 1.11. The Hall–Kier alpha value is -1.27. The third-order valence-corrected chi connectivity index (χ3v) is 1.90. The molecule has 0 aliphatic heterocycles. The zero-order chi connectivity index (χ0) is 10.6. The van der Waals surface area contributed by atoms with Crippen molar-refractivity contribution in [2.45, 2.75) is 0 Å². The van der Waals surface area contributed by atoms with E-state index >= 15 is 0 Å². The van der Waals surface area contributed by atoms with Gasteiger partial charge in [0.1, 0.15) is 0 Å². The molecule has 0 saturated carbocycles. The van der Waals surface area contributed by atoms with E-state index in [0.29, 0.717) is 0 Å². The van der Waals surface area contributed by atoms with E-state index in [-0.39, 0.29) is 24.3 Å². The maximum atomic E-state index is 7.36. The van der Waals surface area contributed by atoms with Crippen molar-refractivity contribution in [2.24, 2.45) is 5.73 Å². The number of benzene rings is 1. The van der Waals surface area contributed by atoms with Gasteiger partial charge in [0.05, 0.1) is 0 Å². The minimum absolute atomic E-state index is 0. The number of hydrogen-bond donors (Lipinski definition) is 5. The molecular formula is C8H11BrClN5. The van der Waals surface area contributed by atoms with E-state index in [2.05, 4.69) is 26.6 Å². The van der Waals surface area contributed by atoms with Crippen molar-refractivity contribution in [3.05, 3.63) is 28.7 Å². The van der Waals surface area contributed by atoms with Gasteiger partial charge in [-0.3, -0.25) is 16.1 Å². The number of nitrogens with two attached hydrogens (primary N) is 1. The zero-order valence-corrected chi connectivity index (χ0v) is 10.1. The lowest BCUT2D eigenvalue weighted by Crippen LogP contribution is -2.39. The molecule has 0 spiro atoms. The number of halogens is 2. The average Bonchev–Trinajstić information content (AvgIpc) is 2.07. The Labute approximate surface area is 102 Å². The summed E-state index contributed by atoms with van der Waals surface area (Å²) < 4.78 is 0.967. The van der Waals surface area contributed by atoms with Gasteiger partial charge in [-0.25, -0.2) is 0 Å². The molecule has 15 heavy (non-hydrogen) atoms. The van der Waals surface area contributed by atoms with Crippen LogP contribution in [0.1, 0.15) is 0 Å². The summed E-state index contributed by atoms with van der Waals surface area (Å²) in [6, 6.07) is 7.31. The molecule has 7 heteroatoms. The standard InChI is InChI=1S/C8H10BrN5.ClH/c9-5-1-3-6(4-2-5)13-8(12)14-7(10)11;/h1-4H,(H6,10,11,12,13,14);1H. The second kappa shape index (κ2) is 6.26. The average molecular weight is 293 g/mol. The third-order valence-electron chi connectivity index (χ3n) is 1.37. The van der Waals surface area contributed by atoms with Gasteiger partial charge in [0.25, 0.3) is 0 Å². The number of guanidine groups is 2. The summed E-state index contributed by atoms with van der Waals surface area (Å²) in [6.07, 6.45) is 0. The molecule has 0 aliphatic rings. The summed E-state index contributed by atoms with van der Waals surface area (Å²) in [5.74, 6) is -0.292. The number of rotatable bonds is 1. The SMILES string of the molecule is Cl.N=C(N)NC(=N)Nc1ccc(Br)cc1. The first kappa shape index (κ1) is 13.7. The molecule has 0 unspecified atom stereocenters. The molecule has 0 amide bonds. The van der Waals surface area contributed by atoms with Crippen molar-refractivity contribution in [1.82, 2.24) is 5.32 Å². The van der Waals surface area contributed by atoms with Crippen LogP contribution in [0.2, 0.25) is 0 Å². The van der Waals surface area contributed by atoms with Crippen molar-refractivity contribution in [3.63, 3.8) is 0 Å². The van der Waals surface area contributed by atoms with Gasteiger partial charge in [-0.1, -0.05) is 15.9 Å². The number of anilines is 1. The lowest BCUT2D eigenvalue weighted by molar-refractivity contribution is 1.20. The van der Waals surface area contributed by atoms with Crippen molar-refractivity contribution < 1.29 is 0 Å². The Kier molecular flexibility index (Phi) is 5.73. The normalized spacial score (nSPS) is 8.60. The molecule has 5 nitrogen and oxygen atoms in total. The van der Waals surface area contributed by atoms with Crippen molar-refractivity contribution in [3.8, 4) is 0 Å². The molecule has 1 aromatic carbocycles. The second-order valence-electron chi connectivity index (χ2n) is 2.55. The lowest BCUT2D eigenvalue weighted by Gasteiger charge is -2.08. The minimum atomic E-state index is -0.264. The topological polar surface area (TPSA) is 97.8 Å². The van der Waals surface area contributed by atoms with Gasteiger partial charge in [0, 0.05) is 10.2 Å². The van der Waals surface area contributed by atoms with Gasteiger partial charge in [0.15, 0.2) is 11.9 Å². The first-order valence-electron chi connectivity index (χ1n) is 3.80. The van der Waals surface area contributed by atoms with Crippen LogP contribution < -0.4 is 16.4 Å². The fourth-order valence-electron chi connectivity index (χ4n) is 0.843. The summed E-state index contributed by atoms with van der Waals surface area (Å²) in [6.45, 7) is 0. The van der Waals surface area contributed by atoms with Gasteiger partial charge in [-0.2, -0.15) is 0 Å². The predicted octanol–water partition coefficient (Wildman–Crippen LogP) is 1.70. The number of hydrogen-bond acceptors (Lipinski definition) is 2. The quantitative estimate of drug-likeness (QED) is 0.402. The minimum Gasteiger partial charge on any atom is -0.370 e. The molecule has 82 valence electrons. The van der Waals surface area contributed by atoms with Gasteiger partial charge in [0.2, 0.25) is 0 Å². The monoisotopic (exact) mass is 291 g/mol. The van der Waals surface area contributed by atoms with Gasteiger partial charge < -0.3 is 11.1 Å². The summed E-state index contributed by atoms with van der Waals surface area (Å²) in [7, 11) is 0. The van der Waals surface area contributed by atoms with Crippen LogP contribution in [0.5, 0.6) is 0 Å². The molecule has 0 bridgehead atoms. The van der Waals surface area contributed by atoms with Crippen LogP contribution in [0.15, 0.2) is 28.7 Å². The van der Waals surface area contributed by atoms with Crippen LogP contribution in [-0.4, -0.2) is 11.9 Å². The van der Waals surface area contributed by atoms with E-state index in [1.165, 1.54) is 0 Å². The van der Waals surface area contributed by atoms with Gasteiger partial charge in [-0.05, 0) is 24.3 Å². The zero-order valence-electron chi connectivity index (χ0n) is 7.67. The fraction of sp³-hybridized carbons (Fsp3) is 0. The van der Waals surface area contributed by atoms with Crippen molar-refractivity contribution in [1.29, 1.82) is 10.8 Å². The first-order chi connectivity index (χ1) is 6.58. The van der Waals surface area contributed by atoms with Gasteiger partial charge >= 0.3 is 0 Å². The molecule has 1 aromatic rings. The molecule has 1 rings (SSSR count). The van der Waals surface area contributed by atoms with E-state index in [1.807, 2.05) is 12.1 Å². The molecule has 0 radical (unpaired) electrons. The molecule has 0 aliphatic carbocycles. The maximum absolute atomic E-state index is 7.36. The molecule has 0 fully saturated rings. The molecular weight excluding hydrogens is 281 g/mol. The Morgan fingerprint density at radius 3 is 2.20 bits per heavy atom. The van der Waals surface area contributed by atoms with Crippen LogP contribution in [0.4, 0.5) is 5.69 Å². The molecule has 6 N–H and O–H groups in total. The smallest absolute Gasteiger partial charge is 0.199 e. The Balaban J connectivity index is 0.00000196. The highest BCUT2D eigenvalue weighted by Gasteiger charge is 1.97. The van der Waals surface area contributed by atoms with E-state index in [1.54, 1.807) is 12.1 Å². The van der Waals surface area contributed by atoms with Crippen LogP contribution in [0.3, 0.4) is 0 Å². The lowest BCUT2D eigenvalue weighted by atomic mass is 10.3.